The number of nitrogens with one attached hydrogen (secondary N) is 2. The Bertz CT molecular complexity index is 1100. The third-order valence-corrected chi connectivity index (χ3v) is 4.48. The van der Waals surface area contributed by atoms with Crippen LogP contribution in [0, 0.1) is 13.8 Å². The van der Waals surface area contributed by atoms with E-state index in [1.54, 1.807) is 32.0 Å². The summed E-state index contributed by atoms with van der Waals surface area (Å²) < 4.78 is 6.62. The van der Waals surface area contributed by atoms with E-state index in [-0.39, 0.29) is 17.1 Å². The molecule has 146 valence electrons. The van der Waals surface area contributed by atoms with Crippen LogP contribution in [0.1, 0.15) is 34.2 Å². The van der Waals surface area contributed by atoms with E-state index >= 15 is 0 Å². The van der Waals surface area contributed by atoms with Crippen molar-refractivity contribution in [2.75, 3.05) is 12.4 Å². The van der Waals surface area contributed by atoms with Crippen LogP contribution in [0.4, 0.5) is 5.82 Å². The van der Waals surface area contributed by atoms with Gasteiger partial charge in [0, 0.05) is 22.3 Å². The third kappa shape index (κ3) is 3.77. The van der Waals surface area contributed by atoms with Crippen LogP contribution in [0.15, 0.2) is 29.1 Å². The molecule has 0 spiro atoms. The lowest BCUT2D eigenvalue weighted by Crippen LogP contribution is -2.22. The number of aromatic amines is 1. The molecule has 2 N–H and O–H groups in total. The quantitative estimate of drug-likeness (QED) is 0.684. The number of H-pyrrole nitrogens is 1. The largest absolute Gasteiger partial charge is 0.496 e. The molecule has 0 atom stereocenters. The molecule has 28 heavy (non-hydrogen) atoms. The zero-order chi connectivity index (χ0) is 20.4. The Morgan fingerprint density at radius 3 is 2.71 bits per heavy atom. The Balaban J connectivity index is 2.01. The third-order valence-electron chi connectivity index (χ3n) is 4.24. The van der Waals surface area contributed by atoms with Gasteiger partial charge in [-0.25, -0.2) is 4.98 Å². The molecule has 3 rings (SSSR count). The van der Waals surface area contributed by atoms with Crippen LogP contribution in [0.3, 0.4) is 0 Å². The standard InChI is InChI=1S/C19H20ClN5O3/c1-5-13-11(3)21-19(23-17(13)26)25-16(8-10(2)24-25)22-18(27)14-9-12(20)6-7-15(14)28-4/h6-9H,5H2,1-4H3,(H,22,27)(H,21,23,26). The molecule has 0 aliphatic carbocycles. The molecule has 0 bridgehead atoms. The van der Waals surface area contributed by atoms with Crippen LogP contribution >= 0.6 is 11.6 Å². The summed E-state index contributed by atoms with van der Waals surface area (Å²) in [7, 11) is 1.47. The fourth-order valence-electron chi connectivity index (χ4n) is 2.90. The molecule has 9 heteroatoms. The highest BCUT2D eigenvalue weighted by molar-refractivity contribution is 6.31. The van der Waals surface area contributed by atoms with Crippen molar-refractivity contribution >= 4 is 23.3 Å². The zero-order valence-corrected chi connectivity index (χ0v) is 16.7. The number of aryl methyl sites for hydroxylation is 2. The summed E-state index contributed by atoms with van der Waals surface area (Å²) in [5.41, 5.74) is 1.92. The fourth-order valence-corrected chi connectivity index (χ4v) is 3.08. The normalized spacial score (nSPS) is 10.8. The fraction of sp³-hybridized carbons (Fsp3) is 0.263. The number of aromatic nitrogens is 4. The van der Waals surface area contributed by atoms with Crippen LogP contribution in [0.5, 0.6) is 5.75 Å². The number of hydrogen-bond donors (Lipinski definition) is 2. The second kappa shape index (κ2) is 7.85. The maximum atomic E-state index is 12.8. The van der Waals surface area contributed by atoms with Crippen molar-refractivity contribution in [3.05, 3.63) is 62.2 Å². The SMILES string of the molecule is CCc1c(C)nc(-n2nc(C)cc2NC(=O)c2cc(Cl)ccc2OC)[nH]c1=O. The molecule has 0 saturated carbocycles. The predicted octanol–water partition coefficient (Wildman–Crippen LogP) is 3.05. The van der Waals surface area contributed by atoms with Crippen molar-refractivity contribution in [1.29, 1.82) is 0 Å². The van der Waals surface area contributed by atoms with Gasteiger partial charge in [-0.05, 0) is 38.5 Å². The summed E-state index contributed by atoms with van der Waals surface area (Å²) in [5.74, 6) is 0.543. The van der Waals surface area contributed by atoms with Crippen LogP contribution in [-0.4, -0.2) is 32.8 Å². The van der Waals surface area contributed by atoms with Crippen LogP contribution < -0.4 is 15.6 Å². The van der Waals surface area contributed by atoms with Gasteiger partial charge in [0.25, 0.3) is 11.5 Å². The second-order valence-corrected chi connectivity index (χ2v) is 6.62. The smallest absolute Gasteiger partial charge is 0.260 e. The van der Waals surface area contributed by atoms with Gasteiger partial charge in [-0.2, -0.15) is 9.78 Å². The summed E-state index contributed by atoms with van der Waals surface area (Å²) in [6.07, 6.45) is 0.574. The van der Waals surface area contributed by atoms with Gasteiger partial charge in [0.15, 0.2) is 0 Å². The summed E-state index contributed by atoms with van der Waals surface area (Å²) in [6, 6.07) is 6.45. The van der Waals surface area contributed by atoms with Gasteiger partial charge in [0.1, 0.15) is 11.6 Å². The maximum absolute atomic E-state index is 12.8. The molecule has 2 aromatic heterocycles. The molecular weight excluding hydrogens is 382 g/mol. The Kier molecular flexibility index (Phi) is 5.51. The molecule has 0 saturated heterocycles. The second-order valence-electron chi connectivity index (χ2n) is 6.19. The molecule has 3 aromatic rings. The minimum absolute atomic E-state index is 0.223. The van der Waals surface area contributed by atoms with Gasteiger partial charge >= 0.3 is 0 Å². The van der Waals surface area contributed by atoms with Crippen LogP contribution in [-0.2, 0) is 6.42 Å². The first kappa shape index (κ1) is 19.6. The average Bonchev–Trinajstić information content (AvgIpc) is 3.01. The molecule has 0 radical (unpaired) electrons. The van der Waals surface area contributed by atoms with E-state index in [2.05, 4.69) is 20.4 Å². The Morgan fingerprint density at radius 1 is 1.32 bits per heavy atom. The minimum atomic E-state index is -0.426. The first-order chi connectivity index (χ1) is 13.3. The molecular formula is C19H20ClN5O3. The van der Waals surface area contributed by atoms with E-state index in [1.165, 1.54) is 17.9 Å². The molecule has 2 heterocycles. The highest BCUT2D eigenvalue weighted by Crippen LogP contribution is 2.24. The van der Waals surface area contributed by atoms with Gasteiger partial charge < -0.3 is 10.1 Å². The zero-order valence-electron chi connectivity index (χ0n) is 16.0. The van der Waals surface area contributed by atoms with Crippen molar-refractivity contribution in [3.8, 4) is 11.7 Å². The lowest BCUT2D eigenvalue weighted by molar-refractivity contribution is 0.102. The van der Waals surface area contributed by atoms with Crippen LogP contribution in [0.2, 0.25) is 5.02 Å². The lowest BCUT2D eigenvalue weighted by atomic mass is 10.2. The summed E-state index contributed by atoms with van der Waals surface area (Å²) >= 11 is 6.01. The van der Waals surface area contributed by atoms with Gasteiger partial charge in [0.05, 0.1) is 18.4 Å². The topological polar surface area (TPSA) is 102 Å². The highest BCUT2D eigenvalue weighted by atomic mass is 35.5. The Morgan fingerprint density at radius 2 is 2.07 bits per heavy atom. The number of benzene rings is 1. The highest BCUT2D eigenvalue weighted by Gasteiger charge is 2.18. The number of methoxy groups -OCH3 is 1. The lowest BCUT2D eigenvalue weighted by Gasteiger charge is -2.11. The van der Waals surface area contributed by atoms with Crippen molar-refractivity contribution in [1.82, 2.24) is 19.7 Å². The summed E-state index contributed by atoms with van der Waals surface area (Å²) in [4.78, 5) is 32.2. The molecule has 0 unspecified atom stereocenters. The number of carbonyl (C=O) groups is 1. The van der Waals surface area contributed by atoms with Crippen LogP contribution in [0.25, 0.3) is 5.95 Å². The number of anilines is 1. The van der Waals surface area contributed by atoms with Crippen molar-refractivity contribution in [2.45, 2.75) is 27.2 Å². The van der Waals surface area contributed by atoms with E-state index < -0.39 is 5.91 Å². The summed E-state index contributed by atoms with van der Waals surface area (Å²) in [6.45, 7) is 5.43. The maximum Gasteiger partial charge on any atom is 0.260 e. The summed E-state index contributed by atoms with van der Waals surface area (Å²) in [5, 5.41) is 7.52. The van der Waals surface area contributed by atoms with Gasteiger partial charge in [-0.15, -0.1) is 0 Å². The number of halogens is 1. The number of amides is 1. The number of nitrogens with zero attached hydrogens (tertiary/aromatic N) is 3. The van der Waals surface area contributed by atoms with E-state index in [0.29, 0.717) is 40.0 Å². The first-order valence-electron chi connectivity index (χ1n) is 8.65. The van der Waals surface area contributed by atoms with Crippen molar-refractivity contribution in [3.63, 3.8) is 0 Å². The molecule has 0 aliphatic heterocycles. The Hall–Kier alpha value is -3.13. The van der Waals surface area contributed by atoms with Gasteiger partial charge in [0.2, 0.25) is 5.95 Å². The van der Waals surface area contributed by atoms with Crippen molar-refractivity contribution in [2.24, 2.45) is 0 Å². The number of carbonyl (C=O) groups excluding carboxylic acids is 1. The molecule has 0 fully saturated rings. The average molecular weight is 402 g/mol. The van der Waals surface area contributed by atoms with E-state index in [4.69, 9.17) is 16.3 Å². The van der Waals surface area contributed by atoms with E-state index in [9.17, 15) is 9.59 Å². The molecule has 8 nitrogen and oxygen atoms in total. The van der Waals surface area contributed by atoms with E-state index in [0.717, 1.165) is 0 Å². The van der Waals surface area contributed by atoms with Gasteiger partial charge in [-0.1, -0.05) is 18.5 Å². The van der Waals surface area contributed by atoms with E-state index in [1.807, 2.05) is 6.92 Å². The number of ether oxygens (including phenoxy) is 1. The number of rotatable bonds is 5. The molecule has 1 aromatic carbocycles. The predicted molar refractivity (Wildman–Crippen MR) is 107 cm³/mol. The minimum Gasteiger partial charge on any atom is -0.496 e. The van der Waals surface area contributed by atoms with Gasteiger partial charge in [-0.3, -0.25) is 14.6 Å². The molecule has 1 amide bonds. The monoisotopic (exact) mass is 401 g/mol. The Labute approximate surface area is 166 Å². The molecule has 0 aliphatic rings. The number of hydrogen-bond acceptors (Lipinski definition) is 5. The first-order valence-corrected chi connectivity index (χ1v) is 9.03. The van der Waals surface area contributed by atoms with Crippen molar-refractivity contribution < 1.29 is 9.53 Å².